The van der Waals surface area contributed by atoms with Crippen molar-refractivity contribution in [3.63, 3.8) is 0 Å². The highest BCUT2D eigenvalue weighted by Gasteiger charge is 2.06. The van der Waals surface area contributed by atoms with Gasteiger partial charge in [0.05, 0.1) is 17.4 Å². The second kappa shape index (κ2) is 2.96. The SMILES string of the molecule is Cn1cnc2cc(Br)cc(C=O)c21. The average molecular weight is 239 g/mol. The first kappa shape index (κ1) is 8.44. The van der Waals surface area contributed by atoms with Gasteiger partial charge in [0.15, 0.2) is 6.29 Å². The number of imidazole rings is 1. The summed E-state index contributed by atoms with van der Waals surface area (Å²) in [6, 6.07) is 3.68. The van der Waals surface area contributed by atoms with Gasteiger partial charge in [-0.25, -0.2) is 4.98 Å². The molecule has 0 atom stereocenters. The lowest BCUT2D eigenvalue weighted by Crippen LogP contribution is -1.90. The fourth-order valence-electron chi connectivity index (χ4n) is 1.38. The average Bonchev–Trinajstić information content (AvgIpc) is 2.46. The van der Waals surface area contributed by atoms with Crippen LogP contribution in [0, 0.1) is 0 Å². The standard InChI is InChI=1S/C9H7BrN2O/c1-12-5-11-8-3-7(10)2-6(4-13)9(8)12/h2-5H,1H3. The molecule has 0 unspecified atom stereocenters. The molecule has 4 heteroatoms. The van der Waals surface area contributed by atoms with E-state index in [1.165, 1.54) is 0 Å². The highest BCUT2D eigenvalue weighted by atomic mass is 79.9. The number of aryl methyl sites for hydroxylation is 1. The van der Waals surface area contributed by atoms with E-state index in [4.69, 9.17) is 0 Å². The van der Waals surface area contributed by atoms with Crippen molar-refractivity contribution >= 4 is 33.2 Å². The number of aldehydes is 1. The predicted molar refractivity (Wildman–Crippen MR) is 53.8 cm³/mol. The van der Waals surface area contributed by atoms with Crippen LogP contribution in [0.1, 0.15) is 10.4 Å². The zero-order chi connectivity index (χ0) is 9.42. The number of benzene rings is 1. The Labute approximate surface area is 83.5 Å². The van der Waals surface area contributed by atoms with E-state index >= 15 is 0 Å². The first-order valence-electron chi connectivity index (χ1n) is 3.78. The summed E-state index contributed by atoms with van der Waals surface area (Å²) in [6.45, 7) is 0. The Balaban J connectivity index is 2.92. The number of fused-ring (bicyclic) bond motifs is 1. The minimum atomic E-state index is 0.657. The second-order valence-corrected chi connectivity index (χ2v) is 3.75. The van der Waals surface area contributed by atoms with Crippen molar-refractivity contribution in [1.82, 2.24) is 9.55 Å². The molecular weight excluding hydrogens is 232 g/mol. The van der Waals surface area contributed by atoms with Crippen LogP contribution in [0.3, 0.4) is 0 Å². The lowest BCUT2D eigenvalue weighted by molar-refractivity contribution is 0.112. The summed E-state index contributed by atoms with van der Waals surface area (Å²) >= 11 is 3.33. The Kier molecular flexibility index (Phi) is 1.92. The topological polar surface area (TPSA) is 34.9 Å². The van der Waals surface area contributed by atoms with Crippen LogP contribution in [0.2, 0.25) is 0 Å². The van der Waals surface area contributed by atoms with Gasteiger partial charge in [0.2, 0.25) is 0 Å². The van der Waals surface area contributed by atoms with Gasteiger partial charge in [-0.05, 0) is 12.1 Å². The molecule has 0 bridgehead atoms. The molecule has 1 heterocycles. The van der Waals surface area contributed by atoms with Crippen LogP contribution in [-0.2, 0) is 7.05 Å². The van der Waals surface area contributed by atoms with E-state index in [0.717, 1.165) is 21.8 Å². The molecule has 1 aromatic carbocycles. The number of halogens is 1. The van der Waals surface area contributed by atoms with Gasteiger partial charge in [0, 0.05) is 17.1 Å². The number of hydrogen-bond donors (Lipinski definition) is 0. The van der Waals surface area contributed by atoms with Crippen LogP contribution >= 0.6 is 15.9 Å². The van der Waals surface area contributed by atoms with E-state index in [-0.39, 0.29) is 0 Å². The zero-order valence-corrected chi connectivity index (χ0v) is 8.58. The number of nitrogens with zero attached hydrogens (tertiary/aromatic N) is 2. The molecule has 13 heavy (non-hydrogen) atoms. The van der Waals surface area contributed by atoms with Crippen LogP contribution in [0.5, 0.6) is 0 Å². The van der Waals surface area contributed by atoms with Gasteiger partial charge in [-0.3, -0.25) is 4.79 Å². The van der Waals surface area contributed by atoms with Crippen molar-refractivity contribution in [3.05, 3.63) is 28.5 Å². The quantitative estimate of drug-likeness (QED) is 0.714. The zero-order valence-electron chi connectivity index (χ0n) is 6.99. The summed E-state index contributed by atoms with van der Waals surface area (Å²) < 4.78 is 2.71. The van der Waals surface area contributed by atoms with Gasteiger partial charge in [0.25, 0.3) is 0 Å². The van der Waals surface area contributed by atoms with Gasteiger partial charge in [0.1, 0.15) is 0 Å². The molecule has 0 aliphatic heterocycles. The molecule has 0 aliphatic carbocycles. The molecule has 2 rings (SSSR count). The minimum Gasteiger partial charge on any atom is -0.333 e. The number of carbonyl (C=O) groups excluding carboxylic acids is 1. The summed E-state index contributed by atoms with van der Waals surface area (Å²) in [7, 11) is 1.87. The summed E-state index contributed by atoms with van der Waals surface area (Å²) in [5, 5.41) is 0. The van der Waals surface area contributed by atoms with Gasteiger partial charge < -0.3 is 4.57 Å². The molecule has 1 aromatic heterocycles. The summed E-state index contributed by atoms with van der Waals surface area (Å²) in [6.07, 6.45) is 2.54. The largest absolute Gasteiger partial charge is 0.333 e. The lowest BCUT2D eigenvalue weighted by Gasteiger charge is -1.98. The summed E-state index contributed by atoms with van der Waals surface area (Å²) in [5.41, 5.74) is 2.36. The molecule has 3 nitrogen and oxygen atoms in total. The van der Waals surface area contributed by atoms with Crippen molar-refractivity contribution in [2.45, 2.75) is 0 Å². The first-order valence-corrected chi connectivity index (χ1v) is 4.57. The minimum absolute atomic E-state index is 0.657. The van der Waals surface area contributed by atoms with E-state index in [9.17, 15) is 4.79 Å². The van der Waals surface area contributed by atoms with E-state index in [0.29, 0.717) is 5.56 Å². The third-order valence-electron chi connectivity index (χ3n) is 1.93. The summed E-state index contributed by atoms with van der Waals surface area (Å²) in [4.78, 5) is 14.9. The fourth-order valence-corrected chi connectivity index (χ4v) is 1.85. The number of carbonyl (C=O) groups is 1. The highest BCUT2D eigenvalue weighted by Crippen LogP contribution is 2.21. The van der Waals surface area contributed by atoms with Crippen LogP contribution in [0.15, 0.2) is 22.9 Å². The third-order valence-corrected chi connectivity index (χ3v) is 2.39. The van der Waals surface area contributed by atoms with E-state index in [2.05, 4.69) is 20.9 Å². The maximum atomic E-state index is 10.8. The Morgan fingerprint density at radius 3 is 3.00 bits per heavy atom. The van der Waals surface area contributed by atoms with Gasteiger partial charge in [-0.2, -0.15) is 0 Å². The normalized spacial score (nSPS) is 10.6. The van der Waals surface area contributed by atoms with Crippen LogP contribution in [0.25, 0.3) is 11.0 Å². The van der Waals surface area contributed by atoms with Crippen molar-refractivity contribution in [3.8, 4) is 0 Å². The molecule has 0 saturated carbocycles. The Morgan fingerprint density at radius 2 is 2.31 bits per heavy atom. The third kappa shape index (κ3) is 1.27. The van der Waals surface area contributed by atoms with Crippen molar-refractivity contribution < 1.29 is 4.79 Å². The molecule has 0 spiro atoms. The first-order chi connectivity index (χ1) is 6.22. The number of hydrogen-bond acceptors (Lipinski definition) is 2. The Hall–Kier alpha value is -1.16. The fraction of sp³-hybridized carbons (Fsp3) is 0.111. The van der Waals surface area contributed by atoms with E-state index in [1.54, 1.807) is 12.4 Å². The van der Waals surface area contributed by atoms with Crippen LogP contribution in [-0.4, -0.2) is 15.8 Å². The second-order valence-electron chi connectivity index (χ2n) is 2.84. The number of aromatic nitrogens is 2. The smallest absolute Gasteiger partial charge is 0.152 e. The molecule has 0 fully saturated rings. The lowest BCUT2D eigenvalue weighted by atomic mass is 10.2. The molecule has 0 saturated heterocycles. The van der Waals surface area contributed by atoms with E-state index < -0.39 is 0 Å². The highest BCUT2D eigenvalue weighted by molar-refractivity contribution is 9.10. The van der Waals surface area contributed by atoms with Crippen molar-refractivity contribution in [2.75, 3.05) is 0 Å². The number of rotatable bonds is 1. The van der Waals surface area contributed by atoms with Crippen molar-refractivity contribution in [1.29, 1.82) is 0 Å². The molecule has 0 radical (unpaired) electrons. The van der Waals surface area contributed by atoms with Gasteiger partial charge in [-0.15, -0.1) is 0 Å². The van der Waals surface area contributed by atoms with Gasteiger partial charge >= 0.3 is 0 Å². The van der Waals surface area contributed by atoms with Crippen molar-refractivity contribution in [2.24, 2.45) is 7.05 Å². The molecule has 0 aliphatic rings. The van der Waals surface area contributed by atoms with E-state index in [1.807, 2.05) is 17.7 Å². The molecule has 0 amide bonds. The monoisotopic (exact) mass is 238 g/mol. The Morgan fingerprint density at radius 1 is 1.54 bits per heavy atom. The molecule has 2 aromatic rings. The molecule has 66 valence electrons. The maximum absolute atomic E-state index is 10.8. The predicted octanol–water partition coefficient (Wildman–Crippen LogP) is 2.15. The molecule has 0 N–H and O–H groups in total. The molecular formula is C9H7BrN2O. The van der Waals surface area contributed by atoms with Crippen LogP contribution < -0.4 is 0 Å². The van der Waals surface area contributed by atoms with Gasteiger partial charge in [-0.1, -0.05) is 15.9 Å². The summed E-state index contributed by atoms with van der Waals surface area (Å²) in [5.74, 6) is 0. The van der Waals surface area contributed by atoms with Crippen LogP contribution in [0.4, 0.5) is 0 Å². The Bertz CT molecular complexity index is 476. The maximum Gasteiger partial charge on any atom is 0.152 e.